The molecule has 0 amide bonds. The molecule has 6 nitrogen and oxygen atoms in total. The summed E-state index contributed by atoms with van der Waals surface area (Å²) in [5.74, 6) is 0.610. The smallest absolute Gasteiger partial charge is 0.417 e. The second kappa shape index (κ2) is 5.81. The maximum Gasteiger partial charge on any atom is 0.417 e. The molecular formula is C10H18N2O4. The summed E-state index contributed by atoms with van der Waals surface area (Å²) in [6.07, 6.45) is 0.150. The van der Waals surface area contributed by atoms with Crippen molar-refractivity contribution in [1.29, 1.82) is 0 Å². The van der Waals surface area contributed by atoms with Crippen molar-refractivity contribution in [3.05, 3.63) is 5.82 Å². The summed E-state index contributed by atoms with van der Waals surface area (Å²) in [7, 11) is 0. The minimum Gasteiger partial charge on any atom is -0.446 e. The van der Waals surface area contributed by atoms with Crippen molar-refractivity contribution < 1.29 is 19.1 Å². The minimum atomic E-state index is -0.154. The Bertz CT molecular complexity index is 306. The number of nitrogens with zero attached hydrogens (tertiary/aromatic N) is 2. The van der Waals surface area contributed by atoms with Crippen molar-refractivity contribution in [2.75, 3.05) is 26.4 Å². The average molecular weight is 230 g/mol. The van der Waals surface area contributed by atoms with E-state index in [4.69, 9.17) is 19.1 Å². The van der Waals surface area contributed by atoms with Gasteiger partial charge in [0.05, 0.1) is 19.8 Å². The first-order valence-corrected chi connectivity index (χ1v) is 5.19. The highest BCUT2D eigenvalue weighted by Crippen LogP contribution is 2.20. The number of rotatable bonds is 6. The van der Waals surface area contributed by atoms with Gasteiger partial charge in [0.2, 0.25) is 0 Å². The van der Waals surface area contributed by atoms with E-state index in [1.54, 1.807) is 0 Å². The molecule has 0 aliphatic rings. The van der Waals surface area contributed by atoms with Crippen LogP contribution in [-0.2, 0) is 10.2 Å². The first-order chi connectivity index (χ1) is 7.54. The molecule has 0 bridgehead atoms. The molecule has 1 rings (SSSR count). The first-order valence-electron chi connectivity index (χ1n) is 5.19. The van der Waals surface area contributed by atoms with Crippen LogP contribution in [0.3, 0.4) is 0 Å². The van der Waals surface area contributed by atoms with E-state index in [1.807, 2.05) is 20.8 Å². The van der Waals surface area contributed by atoms with Crippen LogP contribution in [-0.4, -0.2) is 41.7 Å². The molecule has 0 aliphatic heterocycles. The van der Waals surface area contributed by atoms with Gasteiger partial charge in [0.15, 0.2) is 5.82 Å². The molecule has 6 heteroatoms. The van der Waals surface area contributed by atoms with Gasteiger partial charge in [-0.2, -0.15) is 4.98 Å². The third kappa shape index (κ3) is 4.16. The Hall–Kier alpha value is -1.14. The van der Waals surface area contributed by atoms with Gasteiger partial charge < -0.3 is 14.6 Å². The quantitative estimate of drug-likeness (QED) is 0.727. The molecule has 1 heterocycles. The standard InChI is InChI=1S/C10H18N2O4/c1-10(2,3)8-11-9(16-12-8)15-7-6-14-5-4-13/h13H,4-7H2,1-3H3. The third-order valence-electron chi connectivity index (χ3n) is 1.77. The topological polar surface area (TPSA) is 77.6 Å². The molecule has 0 spiro atoms. The monoisotopic (exact) mass is 230 g/mol. The average Bonchev–Trinajstić information content (AvgIpc) is 2.65. The van der Waals surface area contributed by atoms with Gasteiger partial charge in [-0.3, -0.25) is 4.52 Å². The molecule has 92 valence electrons. The fourth-order valence-electron chi connectivity index (χ4n) is 0.927. The zero-order valence-electron chi connectivity index (χ0n) is 9.89. The first kappa shape index (κ1) is 12.9. The highest BCUT2D eigenvalue weighted by atomic mass is 16.6. The maximum absolute atomic E-state index is 8.47. The van der Waals surface area contributed by atoms with E-state index < -0.39 is 0 Å². The molecule has 16 heavy (non-hydrogen) atoms. The lowest BCUT2D eigenvalue weighted by molar-refractivity contribution is 0.0610. The van der Waals surface area contributed by atoms with E-state index in [0.29, 0.717) is 25.6 Å². The van der Waals surface area contributed by atoms with Gasteiger partial charge in [-0.1, -0.05) is 25.9 Å². The molecule has 0 radical (unpaired) electrons. The van der Waals surface area contributed by atoms with E-state index in [1.165, 1.54) is 0 Å². The van der Waals surface area contributed by atoms with Crippen molar-refractivity contribution in [1.82, 2.24) is 10.1 Å². The predicted molar refractivity (Wildman–Crippen MR) is 56.4 cm³/mol. The second-order valence-corrected chi connectivity index (χ2v) is 4.32. The van der Waals surface area contributed by atoms with Gasteiger partial charge in [0.25, 0.3) is 0 Å². The van der Waals surface area contributed by atoms with Gasteiger partial charge in [-0.15, -0.1) is 0 Å². The van der Waals surface area contributed by atoms with Crippen LogP contribution in [0.25, 0.3) is 0 Å². The Morgan fingerprint density at radius 3 is 2.56 bits per heavy atom. The lowest BCUT2D eigenvalue weighted by atomic mass is 9.96. The molecule has 0 saturated carbocycles. The SMILES string of the molecule is CC(C)(C)c1noc(OCCOCCO)n1. The van der Waals surface area contributed by atoms with E-state index in [9.17, 15) is 0 Å². The zero-order valence-corrected chi connectivity index (χ0v) is 9.89. The molecular weight excluding hydrogens is 212 g/mol. The Morgan fingerprint density at radius 1 is 1.25 bits per heavy atom. The van der Waals surface area contributed by atoms with Crippen LogP contribution in [0.2, 0.25) is 0 Å². The maximum atomic E-state index is 8.47. The molecule has 0 atom stereocenters. The Kier molecular flexibility index (Phi) is 4.70. The van der Waals surface area contributed by atoms with Crippen molar-refractivity contribution in [3.8, 4) is 6.08 Å². The summed E-state index contributed by atoms with van der Waals surface area (Å²) >= 11 is 0. The van der Waals surface area contributed by atoms with Gasteiger partial charge in [0, 0.05) is 5.41 Å². The van der Waals surface area contributed by atoms with Crippen molar-refractivity contribution in [2.45, 2.75) is 26.2 Å². The number of hydrogen-bond acceptors (Lipinski definition) is 6. The zero-order chi connectivity index (χ0) is 12.0. The molecule has 0 unspecified atom stereocenters. The molecule has 1 aromatic heterocycles. The number of aromatic nitrogens is 2. The summed E-state index contributed by atoms with van der Waals surface area (Å²) in [5, 5.41) is 12.3. The van der Waals surface area contributed by atoms with Crippen molar-refractivity contribution in [3.63, 3.8) is 0 Å². The normalized spacial score (nSPS) is 11.8. The van der Waals surface area contributed by atoms with Crippen molar-refractivity contribution in [2.24, 2.45) is 0 Å². The van der Waals surface area contributed by atoms with Crippen LogP contribution in [0.4, 0.5) is 0 Å². The molecule has 1 aromatic rings. The fraction of sp³-hybridized carbons (Fsp3) is 0.800. The van der Waals surface area contributed by atoms with Crippen LogP contribution in [0, 0.1) is 0 Å². The van der Waals surface area contributed by atoms with Gasteiger partial charge >= 0.3 is 6.08 Å². The van der Waals surface area contributed by atoms with Crippen LogP contribution >= 0.6 is 0 Å². The summed E-state index contributed by atoms with van der Waals surface area (Å²) in [6.45, 7) is 7.00. The van der Waals surface area contributed by atoms with E-state index in [-0.39, 0.29) is 18.1 Å². The summed E-state index contributed by atoms with van der Waals surface area (Å²) in [5.41, 5.74) is -0.154. The predicted octanol–water partition coefficient (Wildman–Crippen LogP) is 0.755. The third-order valence-corrected chi connectivity index (χ3v) is 1.77. The highest BCUT2D eigenvalue weighted by molar-refractivity contribution is 5.01. The minimum absolute atomic E-state index is 0.00866. The van der Waals surface area contributed by atoms with Crippen LogP contribution in [0.1, 0.15) is 26.6 Å². The van der Waals surface area contributed by atoms with Crippen LogP contribution in [0.15, 0.2) is 4.52 Å². The highest BCUT2D eigenvalue weighted by Gasteiger charge is 2.21. The van der Waals surface area contributed by atoms with Crippen molar-refractivity contribution >= 4 is 0 Å². The molecule has 0 fully saturated rings. The lowest BCUT2D eigenvalue weighted by Gasteiger charge is -2.10. The summed E-state index contributed by atoms with van der Waals surface area (Å²) < 4.78 is 15.1. The van der Waals surface area contributed by atoms with E-state index in [0.717, 1.165) is 0 Å². The lowest BCUT2D eigenvalue weighted by Crippen LogP contribution is -2.13. The number of aliphatic hydroxyl groups excluding tert-OH is 1. The number of aliphatic hydroxyl groups is 1. The summed E-state index contributed by atoms with van der Waals surface area (Å²) in [4.78, 5) is 4.09. The second-order valence-electron chi connectivity index (χ2n) is 4.32. The molecule has 0 saturated heterocycles. The van der Waals surface area contributed by atoms with Gasteiger partial charge in [-0.05, 0) is 0 Å². The fourth-order valence-corrected chi connectivity index (χ4v) is 0.927. The van der Waals surface area contributed by atoms with E-state index >= 15 is 0 Å². The molecule has 1 N–H and O–H groups in total. The number of ether oxygens (including phenoxy) is 2. The molecule has 0 aliphatic carbocycles. The number of hydrogen-bond donors (Lipinski definition) is 1. The largest absolute Gasteiger partial charge is 0.446 e. The van der Waals surface area contributed by atoms with E-state index in [2.05, 4.69) is 10.1 Å². The summed E-state index contributed by atoms with van der Waals surface area (Å²) in [6, 6.07) is 0. The Morgan fingerprint density at radius 2 is 2.00 bits per heavy atom. The Balaban J connectivity index is 2.30. The van der Waals surface area contributed by atoms with Gasteiger partial charge in [-0.25, -0.2) is 0 Å². The van der Waals surface area contributed by atoms with Gasteiger partial charge in [0.1, 0.15) is 6.61 Å². The molecule has 0 aromatic carbocycles. The Labute approximate surface area is 94.6 Å². The van der Waals surface area contributed by atoms with Crippen LogP contribution in [0.5, 0.6) is 6.08 Å². The van der Waals surface area contributed by atoms with Crippen LogP contribution < -0.4 is 4.74 Å².